The van der Waals surface area contributed by atoms with Gasteiger partial charge in [0.25, 0.3) is 5.91 Å². The van der Waals surface area contributed by atoms with E-state index in [9.17, 15) is 4.79 Å². The molecule has 0 fully saturated rings. The molecule has 5 nitrogen and oxygen atoms in total. The van der Waals surface area contributed by atoms with Crippen LogP contribution in [0.1, 0.15) is 31.4 Å². The molecule has 19 heavy (non-hydrogen) atoms. The summed E-state index contributed by atoms with van der Waals surface area (Å²) in [5.41, 5.74) is 2.17. The van der Waals surface area contributed by atoms with E-state index < -0.39 is 0 Å². The normalized spacial score (nSPS) is 11.2. The molecule has 0 heterocycles. The number of nitrogens with one attached hydrogen (secondary N) is 1. The highest BCUT2D eigenvalue weighted by molar-refractivity contribution is 6.01. The first-order valence-corrected chi connectivity index (χ1v) is 6.27. The molecule has 104 valence electrons. The van der Waals surface area contributed by atoms with Gasteiger partial charge in [0.2, 0.25) is 0 Å². The molecule has 0 unspecified atom stereocenters. The molecular formula is C14H20N2O3. The number of ether oxygens (including phenoxy) is 1. The van der Waals surface area contributed by atoms with Crippen molar-refractivity contribution in [2.24, 2.45) is 5.16 Å². The third-order valence-electron chi connectivity index (χ3n) is 2.61. The topological polar surface area (TPSA) is 70.9 Å². The lowest BCUT2D eigenvalue weighted by Gasteiger charge is -2.11. The van der Waals surface area contributed by atoms with Crippen LogP contribution in [0.3, 0.4) is 0 Å². The van der Waals surface area contributed by atoms with Crippen molar-refractivity contribution in [1.29, 1.82) is 0 Å². The molecule has 0 radical (unpaired) electrons. The monoisotopic (exact) mass is 264 g/mol. The number of nitrogens with zero attached hydrogens (tertiary/aromatic N) is 1. The third-order valence-corrected chi connectivity index (χ3v) is 2.61. The zero-order chi connectivity index (χ0) is 14.3. The molecule has 0 aromatic heterocycles. The Labute approximate surface area is 113 Å². The van der Waals surface area contributed by atoms with Gasteiger partial charge in [-0.3, -0.25) is 4.79 Å². The predicted octanol–water partition coefficient (Wildman–Crippen LogP) is 2.10. The fraction of sp³-hybridized carbons (Fsp3) is 0.429. The first kappa shape index (κ1) is 15.0. The highest BCUT2D eigenvalue weighted by atomic mass is 16.5. The van der Waals surface area contributed by atoms with Crippen molar-refractivity contribution in [1.82, 2.24) is 5.32 Å². The summed E-state index contributed by atoms with van der Waals surface area (Å²) in [5.74, 6) is 0.375. The fourth-order valence-electron chi connectivity index (χ4n) is 1.57. The zero-order valence-corrected chi connectivity index (χ0v) is 11.6. The number of oxime groups is 1. The smallest absolute Gasteiger partial charge is 0.257 e. The highest BCUT2D eigenvalue weighted by Crippen LogP contribution is 2.20. The van der Waals surface area contributed by atoms with E-state index >= 15 is 0 Å². The Morgan fingerprint density at radius 2 is 2.21 bits per heavy atom. The van der Waals surface area contributed by atoms with E-state index in [0.717, 1.165) is 12.0 Å². The number of amides is 1. The quantitative estimate of drug-likeness (QED) is 0.469. The van der Waals surface area contributed by atoms with Gasteiger partial charge in [-0.05, 0) is 32.4 Å². The maximum atomic E-state index is 11.5. The van der Waals surface area contributed by atoms with Crippen molar-refractivity contribution in [3.8, 4) is 5.75 Å². The molecule has 2 N–H and O–H groups in total. The van der Waals surface area contributed by atoms with Gasteiger partial charge >= 0.3 is 0 Å². The third kappa shape index (κ3) is 4.62. The standard InChI is InChI=1S/C14H20N2O3/c1-4-7-15-14(17)9-19-13-6-5-10(2)8-12(13)11(3)16-18/h5-6,8,18H,4,7,9H2,1-3H3,(H,15,17)/b16-11+. The lowest BCUT2D eigenvalue weighted by atomic mass is 10.1. The van der Waals surface area contributed by atoms with Gasteiger partial charge in [-0.25, -0.2) is 0 Å². The van der Waals surface area contributed by atoms with Gasteiger partial charge in [0, 0.05) is 12.1 Å². The molecule has 0 saturated carbocycles. The van der Waals surface area contributed by atoms with Gasteiger partial charge in [-0.2, -0.15) is 0 Å². The molecule has 1 rings (SSSR count). The lowest BCUT2D eigenvalue weighted by molar-refractivity contribution is -0.123. The van der Waals surface area contributed by atoms with E-state index in [1.54, 1.807) is 13.0 Å². The molecule has 0 atom stereocenters. The van der Waals surface area contributed by atoms with E-state index in [2.05, 4.69) is 10.5 Å². The molecule has 0 saturated heterocycles. The molecule has 0 aliphatic heterocycles. The van der Waals surface area contributed by atoms with Crippen LogP contribution in [0.15, 0.2) is 23.4 Å². The zero-order valence-electron chi connectivity index (χ0n) is 11.6. The molecule has 0 bridgehead atoms. The van der Waals surface area contributed by atoms with E-state index in [4.69, 9.17) is 9.94 Å². The second kappa shape index (κ2) is 7.41. The van der Waals surface area contributed by atoms with Crippen LogP contribution in [0.25, 0.3) is 0 Å². The highest BCUT2D eigenvalue weighted by Gasteiger charge is 2.09. The summed E-state index contributed by atoms with van der Waals surface area (Å²) in [7, 11) is 0. The minimum absolute atomic E-state index is 0.0469. The molecule has 1 aromatic rings. The van der Waals surface area contributed by atoms with Crippen molar-refractivity contribution in [2.45, 2.75) is 27.2 Å². The minimum atomic E-state index is -0.160. The molecule has 0 aliphatic carbocycles. The van der Waals surface area contributed by atoms with Crippen LogP contribution in [0.4, 0.5) is 0 Å². The van der Waals surface area contributed by atoms with Crippen LogP contribution in [-0.4, -0.2) is 30.0 Å². The van der Waals surface area contributed by atoms with Crippen LogP contribution in [0.5, 0.6) is 5.75 Å². The summed E-state index contributed by atoms with van der Waals surface area (Å²) in [5, 5.41) is 14.8. The van der Waals surface area contributed by atoms with Crippen molar-refractivity contribution >= 4 is 11.6 Å². The Morgan fingerprint density at radius 1 is 1.47 bits per heavy atom. The summed E-state index contributed by atoms with van der Waals surface area (Å²) in [4.78, 5) is 11.5. The van der Waals surface area contributed by atoms with E-state index in [1.165, 1.54) is 0 Å². The van der Waals surface area contributed by atoms with E-state index in [1.807, 2.05) is 26.0 Å². The van der Waals surface area contributed by atoms with Crippen LogP contribution in [-0.2, 0) is 4.79 Å². The Kier molecular flexibility index (Phi) is 5.85. The van der Waals surface area contributed by atoms with Gasteiger partial charge in [0.1, 0.15) is 5.75 Å². The van der Waals surface area contributed by atoms with Crippen LogP contribution < -0.4 is 10.1 Å². The number of carbonyl (C=O) groups is 1. The Morgan fingerprint density at radius 3 is 2.84 bits per heavy atom. The van der Waals surface area contributed by atoms with Gasteiger partial charge in [0.05, 0.1) is 5.71 Å². The summed E-state index contributed by atoms with van der Waals surface area (Å²) in [6.07, 6.45) is 0.887. The number of benzene rings is 1. The number of aryl methyl sites for hydroxylation is 1. The first-order chi connectivity index (χ1) is 9.08. The van der Waals surface area contributed by atoms with Gasteiger partial charge in [-0.1, -0.05) is 23.7 Å². The molecule has 0 spiro atoms. The second-order valence-electron chi connectivity index (χ2n) is 4.32. The number of hydrogen-bond donors (Lipinski definition) is 2. The van der Waals surface area contributed by atoms with Gasteiger partial charge < -0.3 is 15.3 Å². The van der Waals surface area contributed by atoms with Gasteiger partial charge in [0.15, 0.2) is 6.61 Å². The SMILES string of the molecule is CCCNC(=O)COc1ccc(C)cc1/C(C)=N/O. The van der Waals surface area contributed by atoms with Crippen molar-refractivity contribution in [2.75, 3.05) is 13.2 Å². The van der Waals surface area contributed by atoms with Crippen molar-refractivity contribution in [3.05, 3.63) is 29.3 Å². The first-order valence-electron chi connectivity index (χ1n) is 6.27. The molecule has 5 heteroatoms. The second-order valence-corrected chi connectivity index (χ2v) is 4.32. The van der Waals surface area contributed by atoms with Crippen LogP contribution in [0, 0.1) is 6.92 Å². The summed E-state index contributed by atoms with van der Waals surface area (Å²) < 4.78 is 5.47. The van der Waals surface area contributed by atoms with Crippen molar-refractivity contribution in [3.63, 3.8) is 0 Å². The maximum absolute atomic E-state index is 11.5. The van der Waals surface area contributed by atoms with Crippen LogP contribution in [0.2, 0.25) is 0 Å². The largest absolute Gasteiger partial charge is 0.483 e. The van der Waals surface area contributed by atoms with E-state index in [0.29, 0.717) is 23.6 Å². The molecular weight excluding hydrogens is 244 g/mol. The molecule has 1 aromatic carbocycles. The average Bonchev–Trinajstić information content (AvgIpc) is 2.42. The summed E-state index contributed by atoms with van der Waals surface area (Å²) in [6, 6.07) is 5.51. The number of hydrogen-bond acceptors (Lipinski definition) is 4. The maximum Gasteiger partial charge on any atom is 0.257 e. The van der Waals surface area contributed by atoms with Crippen molar-refractivity contribution < 1.29 is 14.7 Å². The predicted molar refractivity (Wildman–Crippen MR) is 74.0 cm³/mol. The number of rotatable bonds is 6. The Hall–Kier alpha value is -2.04. The summed E-state index contributed by atoms with van der Waals surface area (Å²) >= 11 is 0. The van der Waals surface area contributed by atoms with E-state index in [-0.39, 0.29) is 12.5 Å². The average molecular weight is 264 g/mol. The fourth-order valence-corrected chi connectivity index (χ4v) is 1.57. The lowest BCUT2D eigenvalue weighted by Crippen LogP contribution is -2.29. The Balaban J connectivity index is 2.75. The number of carbonyl (C=O) groups excluding carboxylic acids is 1. The molecule has 0 aliphatic rings. The van der Waals surface area contributed by atoms with Crippen LogP contribution >= 0.6 is 0 Å². The molecule has 1 amide bonds. The summed E-state index contributed by atoms with van der Waals surface area (Å²) in [6.45, 7) is 6.19. The van der Waals surface area contributed by atoms with Gasteiger partial charge in [-0.15, -0.1) is 0 Å². The Bertz CT molecular complexity index is 470. The minimum Gasteiger partial charge on any atom is -0.483 e.